The van der Waals surface area contributed by atoms with E-state index < -0.39 is 15.9 Å². The van der Waals surface area contributed by atoms with Crippen LogP contribution in [0.2, 0.25) is 0 Å². The van der Waals surface area contributed by atoms with E-state index in [1.165, 1.54) is 25.4 Å². The van der Waals surface area contributed by atoms with Crippen LogP contribution in [-0.2, 0) is 14.8 Å². The van der Waals surface area contributed by atoms with Crippen molar-refractivity contribution in [2.75, 3.05) is 20.2 Å². The quantitative estimate of drug-likeness (QED) is 0.416. The predicted octanol–water partition coefficient (Wildman–Crippen LogP) is 1.78. The molecule has 0 radical (unpaired) electrons. The molecular weight excluding hydrogens is 378 g/mol. The second-order valence-electron chi connectivity index (χ2n) is 5.90. The summed E-state index contributed by atoms with van der Waals surface area (Å²) in [6, 6.07) is 13.4. The van der Waals surface area contributed by atoms with Gasteiger partial charge in [0, 0.05) is 12.6 Å². The molecule has 28 heavy (non-hydrogen) atoms. The Morgan fingerprint density at radius 2 is 1.93 bits per heavy atom. The summed E-state index contributed by atoms with van der Waals surface area (Å²) in [4.78, 5) is 12.2. The van der Waals surface area contributed by atoms with Gasteiger partial charge in [0.1, 0.15) is 12.4 Å². The van der Waals surface area contributed by atoms with Gasteiger partial charge < -0.3 is 4.74 Å². The molecule has 0 atom stereocenters. The third-order valence-corrected chi connectivity index (χ3v) is 5.54. The molecule has 2 aromatic rings. The Balaban J connectivity index is 1.98. The summed E-state index contributed by atoms with van der Waals surface area (Å²) in [6.45, 7) is 1.60. The van der Waals surface area contributed by atoms with Crippen LogP contribution in [0.3, 0.4) is 0 Å². The van der Waals surface area contributed by atoms with Gasteiger partial charge in [0.15, 0.2) is 0 Å². The Morgan fingerprint density at radius 3 is 2.61 bits per heavy atom. The van der Waals surface area contributed by atoms with E-state index >= 15 is 0 Å². The lowest BCUT2D eigenvalue weighted by Crippen LogP contribution is -2.36. The molecule has 0 saturated carbocycles. The number of benzene rings is 2. The summed E-state index contributed by atoms with van der Waals surface area (Å²) < 4.78 is 31.3. The lowest BCUT2D eigenvalue weighted by Gasteiger charge is -2.16. The van der Waals surface area contributed by atoms with Crippen molar-refractivity contribution in [3.8, 4) is 18.1 Å². The molecule has 0 aromatic heterocycles. The molecule has 0 fully saturated rings. The zero-order chi connectivity index (χ0) is 20.6. The van der Waals surface area contributed by atoms with Gasteiger partial charge in [-0.25, -0.2) is 13.8 Å². The SMILES string of the molecule is C#CCOc1ccccc1/C=N\NC(=O)CN(C)S(=O)(=O)c1ccc(C)cc1. The lowest BCUT2D eigenvalue weighted by molar-refractivity contribution is -0.121. The topological polar surface area (TPSA) is 88.1 Å². The number of ether oxygens (including phenoxy) is 1. The van der Waals surface area contributed by atoms with Gasteiger partial charge in [-0.15, -0.1) is 6.42 Å². The molecule has 0 heterocycles. The first-order valence-electron chi connectivity index (χ1n) is 8.35. The fourth-order valence-electron chi connectivity index (χ4n) is 2.22. The first-order valence-corrected chi connectivity index (χ1v) is 9.79. The van der Waals surface area contributed by atoms with Gasteiger partial charge in [0.25, 0.3) is 5.91 Å². The zero-order valence-corrected chi connectivity index (χ0v) is 16.4. The number of hydrogen-bond acceptors (Lipinski definition) is 5. The second kappa shape index (κ2) is 9.69. The molecule has 0 aliphatic rings. The van der Waals surface area contributed by atoms with Crippen LogP contribution >= 0.6 is 0 Å². The molecule has 0 aliphatic carbocycles. The van der Waals surface area contributed by atoms with E-state index in [4.69, 9.17) is 11.2 Å². The van der Waals surface area contributed by atoms with Crippen LogP contribution in [0.25, 0.3) is 0 Å². The van der Waals surface area contributed by atoms with Crippen molar-refractivity contribution < 1.29 is 17.9 Å². The van der Waals surface area contributed by atoms with E-state index in [2.05, 4.69) is 16.4 Å². The highest BCUT2D eigenvalue weighted by molar-refractivity contribution is 7.89. The molecule has 146 valence electrons. The number of terminal acetylenes is 1. The van der Waals surface area contributed by atoms with E-state index in [0.717, 1.165) is 9.87 Å². The van der Waals surface area contributed by atoms with Gasteiger partial charge in [0.05, 0.1) is 17.7 Å². The van der Waals surface area contributed by atoms with Crippen molar-refractivity contribution in [2.24, 2.45) is 5.10 Å². The summed E-state index contributed by atoms with van der Waals surface area (Å²) in [5.41, 5.74) is 3.87. The Morgan fingerprint density at radius 1 is 1.25 bits per heavy atom. The maximum Gasteiger partial charge on any atom is 0.255 e. The molecule has 8 heteroatoms. The maximum absolute atomic E-state index is 12.5. The van der Waals surface area contributed by atoms with Crippen molar-refractivity contribution in [2.45, 2.75) is 11.8 Å². The number of amides is 1. The smallest absolute Gasteiger partial charge is 0.255 e. The van der Waals surface area contributed by atoms with E-state index in [1.807, 2.05) is 6.92 Å². The van der Waals surface area contributed by atoms with Crippen LogP contribution < -0.4 is 10.2 Å². The molecule has 2 aromatic carbocycles. The van der Waals surface area contributed by atoms with Crippen molar-refractivity contribution in [3.05, 3.63) is 59.7 Å². The molecule has 0 spiro atoms. The van der Waals surface area contributed by atoms with Crippen molar-refractivity contribution in [1.82, 2.24) is 9.73 Å². The number of nitrogens with zero attached hydrogens (tertiary/aromatic N) is 2. The van der Waals surface area contributed by atoms with E-state index in [9.17, 15) is 13.2 Å². The highest BCUT2D eigenvalue weighted by atomic mass is 32.2. The van der Waals surface area contributed by atoms with E-state index in [0.29, 0.717) is 11.3 Å². The van der Waals surface area contributed by atoms with Gasteiger partial charge >= 0.3 is 0 Å². The molecular formula is C20H21N3O4S. The molecule has 0 saturated heterocycles. The van der Waals surface area contributed by atoms with Crippen LogP contribution in [0.5, 0.6) is 5.75 Å². The van der Waals surface area contributed by atoms with Crippen LogP contribution in [0, 0.1) is 19.3 Å². The first-order chi connectivity index (χ1) is 13.3. The van der Waals surface area contributed by atoms with Crippen LogP contribution in [0.1, 0.15) is 11.1 Å². The number of hydrogen-bond donors (Lipinski definition) is 1. The number of carbonyl (C=O) groups is 1. The Bertz CT molecular complexity index is 993. The number of carbonyl (C=O) groups excluding carboxylic acids is 1. The lowest BCUT2D eigenvalue weighted by atomic mass is 10.2. The minimum absolute atomic E-state index is 0.110. The van der Waals surface area contributed by atoms with E-state index in [1.54, 1.807) is 36.4 Å². The number of nitrogens with one attached hydrogen (secondary N) is 1. The highest BCUT2D eigenvalue weighted by Crippen LogP contribution is 2.16. The molecule has 0 unspecified atom stereocenters. The molecule has 1 N–H and O–H groups in total. The average molecular weight is 399 g/mol. The summed E-state index contributed by atoms with van der Waals surface area (Å²) in [5, 5.41) is 3.85. The number of aryl methyl sites for hydroxylation is 1. The largest absolute Gasteiger partial charge is 0.480 e. The normalized spacial score (nSPS) is 11.4. The van der Waals surface area contributed by atoms with Gasteiger partial charge in [-0.2, -0.15) is 9.41 Å². The number of rotatable bonds is 8. The van der Waals surface area contributed by atoms with Gasteiger partial charge in [0.2, 0.25) is 10.0 Å². The summed E-state index contributed by atoms with van der Waals surface area (Å²) >= 11 is 0. The second-order valence-corrected chi connectivity index (χ2v) is 7.94. The van der Waals surface area contributed by atoms with Crippen molar-refractivity contribution in [3.63, 3.8) is 0 Å². The van der Waals surface area contributed by atoms with Gasteiger partial charge in [-0.05, 0) is 31.2 Å². The average Bonchev–Trinajstić information content (AvgIpc) is 2.67. The third-order valence-electron chi connectivity index (χ3n) is 3.72. The minimum Gasteiger partial charge on any atom is -0.480 e. The first kappa shape index (κ1) is 21.2. The summed E-state index contributed by atoms with van der Waals surface area (Å²) in [6.07, 6.45) is 6.58. The number of para-hydroxylation sites is 1. The summed E-state index contributed by atoms with van der Waals surface area (Å²) in [5.74, 6) is 2.32. The third kappa shape index (κ3) is 5.67. The molecule has 0 aliphatic heterocycles. The maximum atomic E-state index is 12.5. The molecule has 1 amide bonds. The number of likely N-dealkylation sites (N-methyl/N-ethyl adjacent to an activating group) is 1. The standard InChI is InChI=1S/C20H21N3O4S/c1-4-13-27-19-8-6-5-7-17(19)14-21-22-20(24)15-23(3)28(25,26)18-11-9-16(2)10-12-18/h1,5-12,14H,13,15H2,2-3H3,(H,22,24)/b21-14-. The number of sulfonamides is 1. The molecule has 7 nitrogen and oxygen atoms in total. The van der Waals surface area contributed by atoms with Crippen LogP contribution in [0.4, 0.5) is 0 Å². The fraction of sp³-hybridized carbons (Fsp3) is 0.200. The Labute approximate surface area is 165 Å². The minimum atomic E-state index is -3.76. The predicted molar refractivity (Wildman–Crippen MR) is 108 cm³/mol. The van der Waals surface area contributed by atoms with Crippen LogP contribution in [-0.4, -0.2) is 45.0 Å². The fourth-order valence-corrected chi connectivity index (χ4v) is 3.35. The van der Waals surface area contributed by atoms with Gasteiger partial charge in [-0.3, -0.25) is 4.79 Å². The monoisotopic (exact) mass is 399 g/mol. The highest BCUT2D eigenvalue weighted by Gasteiger charge is 2.22. The number of hydrazone groups is 1. The zero-order valence-electron chi connectivity index (χ0n) is 15.6. The van der Waals surface area contributed by atoms with Crippen LogP contribution in [0.15, 0.2) is 58.5 Å². The summed E-state index contributed by atoms with van der Waals surface area (Å²) in [7, 11) is -2.43. The molecule has 0 bridgehead atoms. The van der Waals surface area contributed by atoms with Gasteiger partial charge in [-0.1, -0.05) is 35.7 Å². The molecule has 2 rings (SSSR count). The Hall–Kier alpha value is -3.15. The van der Waals surface area contributed by atoms with E-state index in [-0.39, 0.29) is 18.0 Å². The van der Waals surface area contributed by atoms with Crippen molar-refractivity contribution in [1.29, 1.82) is 0 Å². The Kier molecular flexibility index (Phi) is 7.32. The van der Waals surface area contributed by atoms with Crippen molar-refractivity contribution >= 4 is 22.1 Å².